The van der Waals surface area contributed by atoms with Crippen LogP contribution in [-0.2, 0) is 0 Å². The van der Waals surface area contributed by atoms with Gasteiger partial charge in [0.15, 0.2) is 23.3 Å². The Balaban J connectivity index is 0.0000000928. The molecule has 0 radical (unpaired) electrons. The van der Waals surface area contributed by atoms with Crippen LogP contribution in [0.2, 0.25) is 26.4 Å². The van der Waals surface area contributed by atoms with Crippen LogP contribution in [0.3, 0.4) is 0 Å². The van der Waals surface area contributed by atoms with Gasteiger partial charge < -0.3 is 22.1 Å². The molecule has 0 aliphatic carbocycles. The molecule has 10 heterocycles. The van der Waals surface area contributed by atoms with Crippen LogP contribution in [0.4, 0.5) is 0 Å². The predicted octanol–water partition coefficient (Wildman–Crippen LogP) is 35.3. The molecule has 0 N–H and O–H groups in total. The zero-order valence-corrected chi connectivity index (χ0v) is 80.4. The van der Waals surface area contributed by atoms with Gasteiger partial charge in [0.2, 0.25) is 26.4 Å². The lowest BCUT2D eigenvalue weighted by molar-refractivity contribution is 0.669. The summed E-state index contributed by atoms with van der Waals surface area (Å²) in [5.41, 5.74) is 20.3. The van der Waals surface area contributed by atoms with Gasteiger partial charge in [-0.15, -0.1) is 0 Å². The van der Waals surface area contributed by atoms with E-state index in [1.54, 1.807) is 0 Å². The fourth-order valence-electron chi connectivity index (χ4n) is 20.0. The fraction of sp³-hybridized carbons (Fsp3) is 0. The number of hydrogen-bond acceptors (Lipinski definition) is 17. The lowest BCUT2D eigenvalue weighted by Crippen LogP contribution is -1.97. The van der Waals surface area contributed by atoms with Gasteiger partial charge in [0.1, 0.15) is 55.8 Å². The number of aromatic nitrogens is 12. The Bertz CT molecular complexity index is 10300. The second kappa shape index (κ2) is 37.1. The van der Waals surface area contributed by atoms with Gasteiger partial charge in [0.25, 0.3) is 0 Å². The Morgan fingerprint density at radius 3 is 0.890 bits per heavy atom. The topological polar surface area (TPSA) is 220 Å². The van der Waals surface area contributed by atoms with E-state index in [0.717, 1.165) is 253 Å². The van der Waals surface area contributed by atoms with Crippen molar-refractivity contribution in [1.29, 1.82) is 0 Å². The number of para-hydroxylation sites is 7. The van der Waals surface area contributed by atoms with Crippen molar-refractivity contribution < 1.29 is 22.1 Å². The van der Waals surface area contributed by atoms with Crippen LogP contribution >= 0.6 is 58.0 Å². The van der Waals surface area contributed by atoms with Crippen molar-refractivity contribution in [2.75, 3.05) is 0 Å². The highest BCUT2D eigenvalue weighted by molar-refractivity contribution is 6.33. The summed E-state index contributed by atoms with van der Waals surface area (Å²) in [6.07, 6.45) is 0. The Morgan fingerprint density at radius 1 is 0.158 bits per heavy atom. The first-order valence-electron chi connectivity index (χ1n) is 47.0. The van der Waals surface area contributed by atoms with E-state index < -0.39 is 0 Å². The molecule has 17 nitrogen and oxygen atoms in total. The maximum absolute atomic E-state index is 6.35. The lowest BCUT2D eigenvalue weighted by atomic mass is 9.96. The smallest absolute Gasteiger partial charge is 0.226 e. The Kier molecular flexibility index (Phi) is 22.4. The molecule has 690 valence electrons. The second-order valence-corrected chi connectivity index (χ2v) is 36.6. The highest BCUT2D eigenvalue weighted by atomic mass is 35.5. The van der Waals surface area contributed by atoms with Crippen LogP contribution in [0.5, 0.6) is 0 Å². The Morgan fingerprint density at radius 2 is 0.445 bits per heavy atom. The molecule has 30 aromatic rings. The number of rotatable bonds is 8. The van der Waals surface area contributed by atoms with Crippen molar-refractivity contribution in [3.63, 3.8) is 0 Å². The van der Waals surface area contributed by atoms with Gasteiger partial charge in [-0.3, -0.25) is 0 Å². The molecular weight excluding hydrogens is 1910 g/mol. The molecule has 20 aromatic carbocycles. The van der Waals surface area contributed by atoms with E-state index in [1.165, 1.54) is 0 Å². The summed E-state index contributed by atoms with van der Waals surface area (Å²) in [5.74, 6) is 2.08. The van der Waals surface area contributed by atoms with Crippen LogP contribution in [0.1, 0.15) is 0 Å². The minimum absolute atomic E-state index is 0.149. The summed E-state index contributed by atoms with van der Waals surface area (Å²) in [5, 5.41) is 25.0. The monoisotopic (exact) mass is 1980 g/mol. The normalized spacial score (nSPS) is 11.6. The van der Waals surface area contributed by atoms with Gasteiger partial charge in [-0.05, 0) is 191 Å². The van der Waals surface area contributed by atoms with Crippen LogP contribution in [0.15, 0.2) is 441 Å². The summed E-state index contributed by atoms with van der Waals surface area (Å²) < 4.78 is 31.3. The van der Waals surface area contributed by atoms with Crippen molar-refractivity contribution >= 4 is 243 Å². The summed E-state index contributed by atoms with van der Waals surface area (Å²) in [4.78, 5) is 53.9. The minimum Gasteiger partial charge on any atom is -0.456 e. The third-order valence-corrected chi connectivity index (χ3v) is 27.2. The first-order valence-corrected chi connectivity index (χ1v) is 48.9. The lowest BCUT2D eigenvalue weighted by Gasteiger charge is -2.10. The van der Waals surface area contributed by atoms with Crippen LogP contribution in [-0.4, -0.2) is 59.8 Å². The van der Waals surface area contributed by atoms with E-state index in [2.05, 4.69) is 183 Å². The molecule has 0 amide bonds. The van der Waals surface area contributed by atoms with Gasteiger partial charge >= 0.3 is 0 Å². The number of nitrogens with zero attached hydrogens (tertiary/aromatic N) is 12. The molecule has 0 bridgehead atoms. The Hall–Kier alpha value is -18.1. The molecule has 146 heavy (non-hydrogen) atoms. The predicted molar refractivity (Wildman–Crippen MR) is 593 cm³/mol. The number of fused-ring (bicyclic) bond motifs is 27. The molecule has 0 saturated heterocycles. The molecule has 0 spiro atoms. The van der Waals surface area contributed by atoms with Crippen molar-refractivity contribution in [3.8, 4) is 90.6 Å². The number of benzene rings is 20. The summed E-state index contributed by atoms with van der Waals surface area (Å²) >= 11 is 31.5. The van der Waals surface area contributed by atoms with Gasteiger partial charge in [0, 0.05) is 104 Å². The molecule has 22 heteroatoms. The van der Waals surface area contributed by atoms with Crippen LogP contribution in [0.25, 0.3) is 276 Å². The summed E-state index contributed by atoms with van der Waals surface area (Å²) in [6.45, 7) is 0. The molecular formula is C124H69Cl5N12O5. The number of hydrogen-bond donors (Lipinski definition) is 0. The highest BCUT2D eigenvalue weighted by Gasteiger charge is 2.27. The Labute approximate surface area is 854 Å². The van der Waals surface area contributed by atoms with Gasteiger partial charge in [0.05, 0.1) is 39.4 Å². The molecule has 10 aromatic heterocycles. The van der Waals surface area contributed by atoms with E-state index in [9.17, 15) is 0 Å². The van der Waals surface area contributed by atoms with Crippen LogP contribution < -0.4 is 0 Å². The zero-order chi connectivity index (χ0) is 97.6. The summed E-state index contributed by atoms with van der Waals surface area (Å²) in [6, 6.07) is 140. The van der Waals surface area contributed by atoms with Crippen molar-refractivity contribution in [3.05, 3.63) is 445 Å². The quantitative estimate of drug-likeness (QED) is 0.129. The average Bonchev–Trinajstić information content (AvgIpc) is 1.59. The zero-order valence-electron chi connectivity index (χ0n) is 76.6. The van der Waals surface area contributed by atoms with E-state index in [1.807, 2.05) is 285 Å². The average molecular weight is 1980 g/mol. The maximum atomic E-state index is 6.35. The largest absolute Gasteiger partial charge is 0.456 e. The molecule has 30 rings (SSSR count). The summed E-state index contributed by atoms with van der Waals surface area (Å²) in [7, 11) is 0. The molecule has 0 fully saturated rings. The molecule has 0 saturated carbocycles. The van der Waals surface area contributed by atoms with Crippen LogP contribution in [0, 0.1) is 0 Å². The SMILES string of the molecule is Clc1nc(-c2cc3ccccc3c3c2oc2ccccc23)c2ccccc2n1.Clc1nc(-c2cc3oc4ccccc4c3c3ccccc23)c2ccccc2n1.Clc1nc(-c2ccccc2)cc(-c2cc3ccccc3c3c2oc2ccccc23)n1.Clc1nc(-c2ccccc2)nc(-c2cc3ccccc3c3c2oc2ccccc23)n1.Clc1nc(-c2ccccc2)nc(-c2cc3oc4ccccc4c3c3ccccc23)n1. The van der Waals surface area contributed by atoms with Crippen molar-refractivity contribution in [2.45, 2.75) is 0 Å². The van der Waals surface area contributed by atoms with Gasteiger partial charge in [-0.1, -0.05) is 340 Å². The number of furan rings is 5. The van der Waals surface area contributed by atoms with E-state index in [-0.39, 0.29) is 26.4 Å². The molecule has 0 aliphatic rings. The highest BCUT2D eigenvalue weighted by Crippen LogP contribution is 2.49. The second-order valence-electron chi connectivity index (χ2n) is 35.0. The molecule has 0 atom stereocenters. The maximum Gasteiger partial charge on any atom is 0.226 e. The first kappa shape index (κ1) is 88.1. The van der Waals surface area contributed by atoms with E-state index in [4.69, 9.17) is 90.1 Å². The molecule has 0 unspecified atom stereocenters. The molecule has 0 aliphatic heterocycles. The van der Waals surface area contributed by atoms with E-state index in [0.29, 0.717) is 23.3 Å². The third kappa shape index (κ3) is 16.1. The van der Waals surface area contributed by atoms with Crippen molar-refractivity contribution in [2.24, 2.45) is 0 Å². The third-order valence-electron chi connectivity index (χ3n) is 26.3. The standard InChI is InChI=1S/C26H15ClN2O.2C25H14ClN3O.2C24H13ClN2O/c27-26-28-21(16-8-2-1-3-9-16)15-22(29-26)20-14-17-10-4-5-11-18(17)24-19-12-6-7-13-23(19)30-25(20)24;26-25-28-23(15-8-2-1-3-9-15)27-24(29-25)19-14-21-22(17-11-5-4-10-16(17)19)18-12-6-7-13-20(18)30-21;26-25-28-23(15-8-2-1-3-9-15)27-24(29-25)19-14-16-10-4-5-11-17(16)21-18-12-6-7-13-20(18)30-22(19)21;25-24-26-19-11-5-3-9-16(19)23(27-24)18-13-21-22(15-8-2-1-7-14(15)18)17-10-4-6-12-20(17)28-21;25-24-26-19-11-5-3-9-16(19)22(27-24)18-13-14-7-1-2-8-15(14)21-17-10-4-6-12-20(17)28-23(18)21/h1-15H;2*1-14H;2*1-13H. The first-order chi connectivity index (χ1) is 71.9. The fourth-order valence-corrected chi connectivity index (χ4v) is 20.9. The minimum atomic E-state index is 0.149. The van der Waals surface area contributed by atoms with E-state index >= 15 is 0 Å². The van der Waals surface area contributed by atoms with Crippen molar-refractivity contribution in [1.82, 2.24) is 59.8 Å². The van der Waals surface area contributed by atoms with Gasteiger partial charge in [-0.2, -0.15) is 19.9 Å². The number of halogens is 5. The van der Waals surface area contributed by atoms with Gasteiger partial charge in [-0.25, -0.2) is 39.9 Å².